The van der Waals surface area contributed by atoms with Crippen molar-refractivity contribution >= 4 is 22.2 Å². The zero-order valence-electron chi connectivity index (χ0n) is 7.38. The average Bonchev–Trinajstić information content (AvgIpc) is 2.26. The maximum Gasteiger partial charge on any atom is 0.281 e. The molecule has 0 unspecified atom stereocenters. The molecule has 0 saturated heterocycles. The average molecular weight is 275 g/mol. The lowest BCUT2D eigenvalue weighted by Crippen LogP contribution is -2.03. The predicted molar refractivity (Wildman–Crippen MR) is 51.9 cm³/mol. The first-order chi connectivity index (χ1) is 7.15. The van der Waals surface area contributed by atoms with Crippen molar-refractivity contribution in [3.8, 4) is 6.07 Å². The Kier molecular flexibility index (Phi) is 3.86. The van der Waals surface area contributed by atoms with E-state index in [0.29, 0.717) is 11.8 Å². The number of aldehydes is 1. The van der Waals surface area contributed by atoms with Gasteiger partial charge in [-0.15, -0.1) is 0 Å². The van der Waals surface area contributed by atoms with Crippen LogP contribution in [-0.2, 0) is 5.33 Å². The molecule has 0 bridgehead atoms. The predicted octanol–water partition coefficient (Wildman–Crippen LogP) is 2.60. The molecular formula is C9H5BrF2N2O. The Labute approximate surface area is 92.9 Å². The van der Waals surface area contributed by atoms with E-state index in [-0.39, 0.29) is 16.5 Å². The van der Waals surface area contributed by atoms with Gasteiger partial charge in [0.15, 0.2) is 6.29 Å². The number of halogens is 3. The van der Waals surface area contributed by atoms with Gasteiger partial charge in [-0.3, -0.25) is 9.78 Å². The Morgan fingerprint density at radius 3 is 2.73 bits per heavy atom. The largest absolute Gasteiger partial charge is 0.298 e. The number of alkyl halides is 3. The van der Waals surface area contributed by atoms with Gasteiger partial charge in [0.1, 0.15) is 11.8 Å². The number of rotatable bonds is 3. The lowest BCUT2D eigenvalue weighted by atomic mass is 10.0. The lowest BCUT2D eigenvalue weighted by molar-refractivity contribution is 0.112. The highest BCUT2D eigenvalue weighted by Crippen LogP contribution is 2.24. The van der Waals surface area contributed by atoms with E-state index in [0.717, 1.165) is 0 Å². The van der Waals surface area contributed by atoms with Crippen molar-refractivity contribution in [1.82, 2.24) is 4.98 Å². The molecule has 0 amide bonds. The van der Waals surface area contributed by atoms with Crippen LogP contribution in [0.4, 0.5) is 8.78 Å². The Morgan fingerprint density at radius 2 is 2.33 bits per heavy atom. The van der Waals surface area contributed by atoms with Gasteiger partial charge in [0.05, 0.1) is 5.56 Å². The third-order valence-corrected chi connectivity index (χ3v) is 2.42. The quantitative estimate of drug-likeness (QED) is 0.629. The molecule has 0 N–H and O–H groups in total. The highest BCUT2D eigenvalue weighted by Gasteiger charge is 2.20. The molecule has 1 rings (SSSR count). The van der Waals surface area contributed by atoms with Gasteiger partial charge in [-0.1, -0.05) is 15.9 Å². The van der Waals surface area contributed by atoms with E-state index >= 15 is 0 Å². The number of hydrogen-bond donors (Lipinski definition) is 0. The van der Waals surface area contributed by atoms with Crippen LogP contribution in [0.5, 0.6) is 0 Å². The summed E-state index contributed by atoms with van der Waals surface area (Å²) in [6.07, 6.45) is -1.30. The first-order valence-electron chi connectivity index (χ1n) is 3.86. The Balaban J connectivity index is 3.50. The van der Waals surface area contributed by atoms with E-state index in [4.69, 9.17) is 5.26 Å². The maximum atomic E-state index is 12.4. The summed E-state index contributed by atoms with van der Waals surface area (Å²) in [6, 6.07) is 1.58. The lowest BCUT2D eigenvalue weighted by Gasteiger charge is -2.06. The standard InChI is InChI=1S/C9H5BrF2N2O/c10-1-5-3-14-8(9(11)12)6(2-13)7(5)4-15/h3-4,9H,1H2. The molecule has 6 heteroatoms. The molecule has 1 heterocycles. The van der Waals surface area contributed by atoms with Crippen LogP contribution in [0.2, 0.25) is 0 Å². The molecule has 0 saturated carbocycles. The van der Waals surface area contributed by atoms with Crippen LogP contribution < -0.4 is 0 Å². The van der Waals surface area contributed by atoms with E-state index in [1.165, 1.54) is 6.20 Å². The number of nitrogens with zero attached hydrogens (tertiary/aromatic N) is 2. The van der Waals surface area contributed by atoms with Gasteiger partial charge >= 0.3 is 0 Å². The van der Waals surface area contributed by atoms with Gasteiger partial charge in [-0.05, 0) is 5.56 Å². The Bertz CT molecular complexity index is 429. The topological polar surface area (TPSA) is 53.8 Å². The van der Waals surface area contributed by atoms with E-state index < -0.39 is 12.1 Å². The minimum Gasteiger partial charge on any atom is -0.298 e. The van der Waals surface area contributed by atoms with Crippen molar-refractivity contribution in [2.45, 2.75) is 11.8 Å². The van der Waals surface area contributed by atoms with Crippen molar-refractivity contribution in [2.24, 2.45) is 0 Å². The number of pyridine rings is 1. The second-order valence-corrected chi connectivity index (χ2v) is 3.18. The van der Waals surface area contributed by atoms with E-state index in [9.17, 15) is 13.6 Å². The molecule has 0 aliphatic rings. The van der Waals surface area contributed by atoms with Gasteiger partial charge in [-0.2, -0.15) is 5.26 Å². The van der Waals surface area contributed by atoms with Crippen molar-refractivity contribution in [2.75, 3.05) is 0 Å². The van der Waals surface area contributed by atoms with Crippen LogP contribution >= 0.6 is 15.9 Å². The smallest absolute Gasteiger partial charge is 0.281 e. The maximum absolute atomic E-state index is 12.4. The van der Waals surface area contributed by atoms with Crippen LogP contribution in [-0.4, -0.2) is 11.3 Å². The molecule has 0 aliphatic carbocycles. The fourth-order valence-electron chi connectivity index (χ4n) is 1.10. The number of hydrogen-bond acceptors (Lipinski definition) is 3. The van der Waals surface area contributed by atoms with Crippen molar-refractivity contribution in [3.05, 3.63) is 28.6 Å². The fraction of sp³-hybridized carbons (Fsp3) is 0.222. The van der Waals surface area contributed by atoms with Crippen LogP contribution in [0.15, 0.2) is 6.20 Å². The monoisotopic (exact) mass is 274 g/mol. The molecule has 0 fully saturated rings. The summed E-state index contributed by atoms with van der Waals surface area (Å²) in [4.78, 5) is 14.2. The SMILES string of the molecule is N#Cc1c(C(F)F)ncc(CBr)c1C=O. The summed E-state index contributed by atoms with van der Waals surface area (Å²) in [5.74, 6) is 0. The number of aromatic nitrogens is 1. The first kappa shape index (κ1) is 11.7. The van der Waals surface area contributed by atoms with Gasteiger partial charge in [-0.25, -0.2) is 8.78 Å². The summed E-state index contributed by atoms with van der Waals surface area (Å²) in [5.41, 5.74) is -0.605. The van der Waals surface area contributed by atoms with E-state index in [2.05, 4.69) is 20.9 Å². The van der Waals surface area contributed by atoms with Crippen molar-refractivity contribution in [3.63, 3.8) is 0 Å². The Morgan fingerprint density at radius 1 is 1.67 bits per heavy atom. The summed E-state index contributed by atoms with van der Waals surface area (Å²) in [5, 5.41) is 8.99. The number of nitriles is 1. The van der Waals surface area contributed by atoms with Crippen LogP contribution in [0.25, 0.3) is 0 Å². The molecule has 0 radical (unpaired) electrons. The summed E-state index contributed by atoms with van der Waals surface area (Å²) in [6.45, 7) is 0. The second-order valence-electron chi connectivity index (χ2n) is 2.62. The highest BCUT2D eigenvalue weighted by atomic mass is 79.9. The Hall–Kier alpha value is -1.35. The molecule has 0 atom stereocenters. The third-order valence-electron chi connectivity index (χ3n) is 1.81. The fourth-order valence-corrected chi connectivity index (χ4v) is 1.55. The minimum absolute atomic E-state index is 0.0281. The molecule has 0 aliphatic heterocycles. The van der Waals surface area contributed by atoms with E-state index in [1.807, 2.05) is 0 Å². The summed E-state index contributed by atoms with van der Waals surface area (Å²) < 4.78 is 24.9. The molecule has 0 spiro atoms. The van der Waals surface area contributed by atoms with Gasteiger partial charge < -0.3 is 0 Å². The van der Waals surface area contributed by atoms with Crippen molar-refractivity contribution in [1.29, 1.82) is 5.26 Å². The van der Waals surface area contributed by atoms with E-state index in [1.54, 1.807) is 6.07 Å². The minimum atomic E-state index is -2.86. The summed E-state index contributed by atoms with van der Waals surface area (Å²) >= 11 is 3.08. The number of carbonyl (C=O) groups excluding carboxylic acids is 1. The number of carbonyl (C=O) groups is 1. The zero-order valence-corrected chi connectivity index (χ0v) is 8.96. The molecular weight excluding hydrogens is 270 g/mol. The van der Waals surface area contributed by atoms with Crippen LogP contribution in [0, 0.1) is 11.3 Å². The van der Waals surface area contributed by atoms with Gasteiger partial charge in [0, 0.05) is 17.1 Å². The normalized spacial score (nSPS) is 10.1. The third kappa shape index (κ3) is 2.18. The summed E-state index contributed by atoms with van der Waals surface area (Å²) in [7, 11) is 0. The molecule has 3 nitrogen and oxygen atoms in total. The molecule has 0 aromatic carbocycles. The van der Waals surface area contributed by atoms with Crippen molar-refractivity contribution < 1.29 is 13.6 Å². The zero-order chi connectivity index (χ0) is 11.4. The highest BCUT2D eigenvalue weighted by molar-refractivity contribution is 9.08. The molecule has 1 aromatic heterocycles. The first-order valence-corrected chi connectivity index (χ1v) is 4.99. The van der Waals surface area contributed by atoms with Gasteiger partial charge in [0.2, 0.25) is 0 Å². The molecule has 1 aromatic rings. The molecule has 15 heavy (non-hydrogen) atoms. The van der Waals surface area contributed by atoms with Gasteiger partial charge in [0.25, 0.3) is 6.43 Å². The second kappa shape index (κ2) is 4.94. The van der Waals surface area contributed by atoms with Crippen LogP contribution in [0.3, 0.4) is 0 Å². The van der Waals surface area contributed by atoms with Crippen LogP contribution in [0.1, 0.15) is 33.6 Å². The molecule has 78 valence electrons.